The first-order valence-electron chi connectivity index (χ1n) is 21.7. The molecule has 0 aromatic carbocycles. The Balaban J connectivity index is 4.62. The Morgan fingerprint density at radius 3 is 1.54 bits per heavy atom. The second-order valence-electron chi connectivity index (χ2n) is 15.2. The van der Waals surface area contributed by atoms with E-state index in [1.165, 1.54) is 0 Å². The van der Waals surface area contributed by atoms with E-state index in [2.05, 4.69) is 92.8 Å². The highest BCUT2D eigenvalue weighted by Gasteiger charge is 2.27. The summed E-state index contributed by atoms with van der Waals surface area (Å²) in [4.78, 5) is 35.3. The number of carbonyl (C=O) groups is 2. The largest absolute Gasteiger partial charge is 0.472 e. The van der Waals surface area contributed by atoms with Crippen molar-refractivity contribution in [1.29, 1.82) is 0 Å². The van der Waals surface area contributed by atoms with Crippen LogP contribution in [0.1, 0.15) is 123 Å². The van der Waals surface area contributed by atoms with E-state index >= 15 is 0 Å². The summed E-state index contributed by atoms with van der Waals surface area (Å²) in [5.41, 5.74) is 0. The molecule has 0 amide bonds. The molecule has 10 nitrogen and oxygen atoms in total. The molecule has 0 spiro atoms. The third kappa shape index (κ3) is 42.6. The smallest absolute Gasteiger partial charge is 0.462 e. The Bertz CT molecular complexity index is 1380. The fourth-order valence-electron chi connectivity index (χ4n) is 4.94. The molecule has 0 radical (unpaired) electrons. The van der Waals surface area contributed by atoms with Crippen LogP contribution in [0.3, 0.4) is 0 Å². The highest BCUT2D eigenvalue weighted by Crippen LogP contribution is 2.43. The third-order valence-corrected chi connectivity index (χ3v) is 9.34. The van der Waals surface area contributed by atoms with Crippen molar-refractivity contribution in [3.05, 3.63) is 109 Å². The molecule has 0 aromatic rings. The molecule has 0 saturated carbocycles. The number of allylic oxidation sites excluding steroid dienone is 17. The molecular weight excluding hydrogens is 765 g/mol. The van der Waals surface area contributed by atoms with Gasteiger partial charge in [0.25, 0.3) is 0 Å². The van der Waals surface area contributed by atoms with Crippen LogP contribution in [0.15, 0.2) is 109 Å². The second kappa shape index (κ2) is 38.8. The van der Waals surface area contributed by atoms with E-state index in [1.54, 1.807) is 0 Å². The monoisotopic (exact) mass is 845 g/mol. The third-order valence-electron chi connectivity index (χ3n) is 8.36. The minimum absolute atomic E-state index is 0.00146. The number of likely N-dealkylation sites (N-methyl/N-ethyl adjacent to an activating group) is 1. The maximum Gasteiger partial charge on any atom is 0.472 e. The quantitative estimate of drug-likeness (QED) is 0.0206. The van der Waals surface area contributed by atoms with E-state index in [-0.39, 0.29) is 32.2 Å². The molecule has 59 heavy (non-hydrogen) atoms. The number of quaternary nitrogens is 1. The lowest BCUT2D eigenvalue weighted by Crippen LogP contribution is -2.37. The van der Waals surface area contributed by atoms with Gasteiger partial charge in [0.15, 0.2) is 6.10 Å². The Labute approximate surface area is 358 Å². The summed E-state index contributed by atoms with van der Waals surface area (Å²) >= 11 is 0. The van der Waals surface area contributed by atoms with Crippen molar-refractivity contribution in [2.75, 3.05) is 47.5 Å². The van der Waals surface area contributed by atoms with E-state index < -0.39 is 32.5 Å². The molecule has 3 atom stereocenters. The van der Waals surface area contributed by atoms with Gasteiger partial charge in [0.1, 0.15) is 19.8 Å². The van der Waals surface area contributed by atoms with Gasteiger partial charge in [-0.25, -0.2) is 4.57 Å². The van der Waals surface area contributed by atoms with Crippen LogP contribution in [0, 0.1) is 0 Å². The molecule has 0 bridgehead atoms. The van der Waals surface area contributed by atoms with E-state index in [1.807, 2.05) is 51.5 Å². The number of rotatable bonds is 37. The standard InChI is InChI=1S/C48H78NO9P/c1-6-8-10-11-12-13-14-15-16-17-18-19-23-26-29-32-35-39-47(51)55-43-46(44-57-59(53,54)56-42-41-49(3,4)5)58-48(52)40-36-33-30-27-24-21-20-22-25-28-31-34-38-45(50)37-9-7-2/h8,10,12-13,15-16,18-21,25-30,34,38,45-46,50H,6-7,9,11,14,17,22-24,31-33,35-37,39-44H2,1-5H3/p+1/b10-8-,13-12-,16-15-,19-18-,21-20-,28-25-,29-26-,30-27-,38-34-/t45-,46-/m1/s1. The van der Waals surface area contributed by atoms with Gasteiger partial charge in [0.2, 0.25) is 0 Å². The fourth-order valence-corrected chi connectivity index (χ4v) is 5.68. The number of phosphoric acid groups is 1. The van der Waals surface area contributed by atoms with E-state index in [0.29, 0.717) is 30.3 Å². The number of hydrogen-bond donors (Lipinski definition) is 2. The molecule has 334 valence electrons. The van der Waals surface area contributed by atoms with E-state index in [9.17, 15) is 24.2 Å². The summed E-state index contributed by atoms with van der Waals surface area (Å²) in [5.74, 6) is -0.969. The minimum atomic E-state index is -4.42. The molecular formula is C48H79NO9P+. The van der Waals surface area contributed by atoms with Crippen molar-refractivity contribution in [3.8, 4) is 0 Å². The topological polar surface area (TPSA) is 129 Å². The summed E-state index contributed by atoms with van der Waals surface area (Å²) in [5, 5.41) is 9.83. The van der Waals surface area contributed by atoms with E-state index in [4.69, 9.17) is 18.5 Å². The number of nitrogens with zero attached hydrogens (tertiary/aromatic N) is 1. The van der Waals surface area contributed by atoms with Gasteiger partial charge < -0.3 is 24.0 Å². The van der Waals surface area contributed by atoms with Crippen LogP contribution < -0.4 is 0 Å². The lowest BCUT2D eigenvalue weighted by Gasteiger charge is -2.24. The second-order valence-corrected chi connectivity index (χ2v) is 16.6. The zero-order valence-corrected chi connectivity index (χ0v) is 37.9. The molecule has 11 heteroatoms. The minimum Gasteiger partial charge on any atom is -0.462 e. The first-order chi connectivity index (χ1) is 28.4. The fraction of sp³-hybridized carbons (Fsp3) is 0.583. The Morgan fingerprint density at radius 1 is 0.610 bits per heavy atom. The molecule has 0 rings (SSSR count). The summed E-state index contributed by atoms with van der Waals surface area (Å²) < 4.78 is 34.1. The molecule has 0 fully saturated rings. The van der Waals surface area contributed by atoms with Crippen molar-refractivity contribution in [2.45, 2.75) is 135 Å². The molecule has 0 heterocycles. The number of hydrogen-bond acceptors (Lipinski definition) is 8. The molecule has 0 aliphatic carbocycles. The molecule has 0 aromatic heterocycles. The maximum atomic E-state index is 12.7. The van der Waals surface area contributed by atoms with Crippen LogP contribution in [0.25, 0.3) is 0 Å². The van der Waals surface area contributed by atoms with Crippen molar-refractivity contribution in [2.24, 2.45) is 0 Å². The first-order valence-corrected chi connectivity index (χ1v) is 23.2. The number of carbonyl (C=O) groups excluding carboxylic acids is 2. The van der Waals surface area contributed by atoms with Gasteiger partial charge in [-0.2, -0.15) is 0 Å². The van der Waals surface area contributed by atoms with Gasteiger partial charge in [-0.1, -0.05) is 136 Å². The molecule has 0 saturated heterocycles. The summed E-state index contributed by atoms with van der Waals surface area (Å²) in [6, 6.07) is 0. The predicted octanol–water partition coefficient (Wildman–Crippen LogP) is 11.3. The van der Waals surface area contributed by atoms with Gasteiger partial charge >= 0.3 is 19.8 Å². The Morgan fingerprint density at radius 2 is 1.07 bits per heavy atom. The van der Waals surface area contributed by atoms with Crippen LogP contribution in [-0.4, -0.2) is 86.1 Å². The Hall–Kier alpha value is -3.37. The average molecular weight is 845 g/mol. The van der Waals surface area contributed by atoms with Gasteiger partial charge in [0, 0.05) is 12.8 Å². The van der Waals surface area contributed by atoms with Crippen LogP contribution in [0.4, 0.5) is 0 Å². The molecule has 1 unspecified atom stereocenters. The van der Waals surface area contributed by atoms with Gasteiger partial charge in [-0.3, -0.25) is 18.6 Å². The zero-order valence-electron chi connectivity index (χ0n) is 37.0. The number of phosphoric ester groups is 1. The number of aliphatic hydroxyl groups is 1. The van der Waals surface area contributed by atoms with Gasteiger partial charge in [-0.15, -0.1) is 0 Å². The molecule has 0 aliphatic heterocycles. The Kier molecular flexibility index (Phi) is 36.6. The van der Waals surface area contributed by atoms with Gasteiger partial charge in [-0.05, 0) is 83.5 Å². The number of unbranched alkanes of at least 4 members (excludes halogenated alkanes) is 3. The lowest BCUT2D eigenvalue weighted by atomic mass is 10.1. The summed E-state index contributed by atoms with van der Waals surface area (Å²) in [6.07, 6.45) is 49.2. The molecule has 0 aliphatic rings. The van der Waals surface area contributed by atoms with Crippen molar-refractivity contribution in [1.82, 2.24) is 0 Å². The number of aliphatic hydroxyl groups excluding tert-OH is 1. The molecule has 2 N–H and O–H groups in total. The summed E-state index contributed by atoms with van der Waals surface area (Å²) in [7, 11) is 1.36. The number of esters is 2. The van der Waals surface area contributed by atoms with Crippen LogP contribution in [-0.2, 0) is 32.7 Å². The highest BCUT2D eigenvalue weighted by atomic mass is 31.2. The summed E-state index contributed by atoms with van der Waals surface area (Å²) in [6.45, 7) is 3.97. The van der Waals surface area contributed by atoms with Crippen LogP contribution in [0.5, 0.6) is 0 Å². The van der Waals surface area contributed by atoms with Crippen LogP contribution >= 0.6 is 7.82 Å². The SMILES string of the molecule is CC/C=C\C/C=C\C/C=C\C/C=C\C/C=C\CCCC(=O)OC[C@H](COP(=O)(O)OCC[N+](C)(C)C)OC(=O)CCC/C=C\C/C=C\C/C=C\C/C=C\[C@H](O)CCCC. The lowest BCUT2D eigenvalue weighted by molar-refractivity contribution is -0.870. The highest BCUT2D eigenvalue weighted by molar-refractivity contribution is 7.47. The van der Waals surface area contributed by atoms with E-state index in [0.717, 1.165) is 77.0 Å². The average Bonchev–Trinajstić information content (AvgIpc) is 3.18. The van der Waals surface area contributed by atoms with Crippen LogP contribution in [0.2, 0.25) is 0 Å². The predicted molar refractivity (Wildman–Crippen MR) is 244 cm³/mol. The number of ether oxygens (including phenoxy) is 2. The van der Waals surface area contributed by atoms with Crippen molar-refractivity contribution < 1.29 is 47.2 Å². The van der Waals surface area contributed by atoms with Crippen molar-refractivity contribution >= 4 is 19.8 Å². The maximum absolute atomic E-state index is 12.7. The zero-order chi connectivity index (χ0) is 43.7. The normalized spacial score (nSPS) is 15.2. The first kappa shape index (κ1) is 55.6. The van der Waals surface area contributed by atoms with Gasteiger partial charge in [0.05, 0.1) is 33.9 Å². The van der Waals surface area contributed by atoms with Crippen molar-refractivity contribution in [3.63, 3.8) is 0 Å².